The van der Waals surface area contributed by atoms with E-state index in [2.05, 4.69) is 16.9 Å². The fourth-order valence-corrected chi connectivity index (χ4v) is 5.56. The van der Waals surface area contributed by atoms with Crippen molar-refractivity contribution in [3.63, 3.8) is 0 Å². The normalized spacial score (nSPS) is 11.4. The van der Waals surface area contributed by atoms with Gasteiger partial charge in [-0.2, -0.15) is 0 Å². The summed E-state index contributed by atoms with van der Waals surface area (Å²) in [4.78, 5) is 1.20. The number of benzene rings is 3. The van der Waals surface area contributed by atoms with Gasteiger partial charge in [0, 0.05) is 26.3 Å². The largest absolute Gasteiger partial charge is 0.283 e. The van der Waals surface area contributed by atoms with Crippen LogP contribution >= 0.6 is 35.0 Å². The van der Waals surface area contributed by atoms with Crippen molar-refractivity contribution in [2.24, 2.45) is 0 Å². The zero-order valence-electron chi connectivity index (χ0n) is 15.2. The first-order chi connectivity index (χ1) is 13.3. The summed E-state index contributed by atoms with van der Waals surface area (Å²) in [5.74, 6) is 0.531. The second kappa shape index (κ2) is 9.23. The van der Waals surface area contributed by atoms with E-state index in [1.165, 1.54) is 4.90 Å². The van der Waals surface area contributed by atoms with Gasteiger partial charge in [0.15, 0.2) is 0 Å². The minimum absolute atomic E-state index is 0.281. The predicted octanol–water partition coefficient (Wildman–Crippen LogP) is 6.54. The first kappa shape index (κ1) is 21.1. The molecule has 0 aromatic heterocycles. The number of thioether (sulfide) groups is 1. The van der Waals surface area contributed by atoms with Crippen molar-refractivity contribution >= 4 is 50.7 Å². The molecule has 28 heavy (non-hydrogen) atoms. The van der Waals surface area contributed by atoms with Gasteiger partial charge in [0.25, 0.3) is 0 Å². The van der Waals surface area contributed by atoms with Crippen molar-refractivity contribution in [2.45, 2.75) is 23.3 Å². The molecule has 0 aliphatic heterocycles. The maximum absolute atomic E-state index is 12.6. The van der Waals surface area contributed by atoms with E-state index >= 15 is 0 Å². The topological polar surface area (TPSA) is 46.2 Å². The first-order valence-corrected chi connectivity index (χ1v) is 11.9. The summed E-state index contributed by atoms with van der Waals surface area (Å²) in [6, 6.07) is 20.8. The molecule has 146 valence electrons. The van der Waals surface area contributed by atoms with Crippen LogP contribution in [0.5, 0.6) is 0 Å². The van der Waals surface area contributed by atoms with Gasteiger partial charge in [0.2, 0.25) is 10.0 Å². The Balaban J connectivity index is 1.70. The molecule has 7 heteroatoms. The smallest absolute Gasteiger partial charge is 0.237 e. The number of sulfonamides is 1. The number of aryl methyl sites for hydroxylation is 1. The van der Waals surface area contributed by atoms with Gasteiger partial charge < -0.3 is 0 Å². The Labute approximate surface area is 180 Å². The van der Waals surface area contributed by atoms with E-state index in [0.29, 0.717) is 21.3 Å². The Kier molecular flexibility index (Phi) is 6.94. The molecule has 0 fully saturated rings. The van der Waals surface area contributed by atoms with Crippen LogP contribution in [0, 0.1) is 6.92 Å². The summed E-state index contributed by atoms with van der Waals surface area (Å²) in [6.45, 7) is 1.89. The summed E-state index contributed by atoms with van der Waals surface area (Å²) in [6.07, 6.45) is 0. The van der Waals surface area contributed by atoms with Crippen LogP contribution in [0.1, 0.15) is 16.7 Å². The SMILES string of the molecule is Cc1cc(CSc2ccccc2)ccc1NS(=O)(=O)Cc1c(Cl)cccc1Cl. The van der Waals surface area contributed by atoms with Crippen LogP contribution < -0.4 is 4.72 Å². The summed E-state index contributed by atoms with van der Waals surface area (Å²) in [5.41, 5.74) is 2.94. The summed E-state index contributed by atoms with van der Waals surface area (Å²) < 4.78 is 27.8. The van der Waals surface area contributed by atoms with E-state index in [1.54, 1.807) is 36.0 Å². The van der Waals surface area contributed by atoms with Gasteiger partial charge in [-0.05, 0) is 48.4 Å². The highest BCUT2D eigenvalue weighted by Gasteiger charge is 2.17. The Bertz CT molecular complexity index is 1050. The van der Waals surface area contributed by atoms with Gasteiger partial charge in [-0.1, -0.05) is 59.6 Å². The molecule has 3 aromatic rings. The van der Waals surface area contributed by atoms with E-state index in [9.17, 15) is 8.42 Å². The molecular formula is C21H19Cl2NO2S2. The molecule has 0 atom stereocenters. The molecule has 0 saturated heterocycles. The van der Waals surface area contributed by atoms with E-state index in [4.69, 9.17) is 23.2 Å². The Morgan fingerprint density at radius 2 is 1.61 bits per heavy atom. The Hall–Kier alpha value is -1.66. The lowest BCUT2D eigenvalue weighted by Gasteiger charge is -2.13. The first-order valence-electron chi connectivity index (χ1n) is 8.55. The summed E-state index contributed by atoms with van der Waals surface area (Å²) in [5, 5.41) is 0.672. The van der Waals surface area contributed by atoms with E-state index in [0.717, 1.165) is 16.9 Å². The van der Waals surface area contributed by atoms with Crippen molar-refractivity contribution in [3.05, 3.63) is 93.5 Å². The molecule has 0 saturated carbocycles. The van der Waals surface area contributed by atoms with Gasteiger partial charge in [0.05, 0.1) is 11.4 Å². The molecule has 3 nitrogen and oxygen atoms in total. The second-order valence-electron chi connectivity index (χ2n) is 6.31. The molecule has 0 aliphatic rings. The summed E-state index contributed by atoms with van der Waals surface area (Å²) in [7, 11) is -3.65. The van der Waals surface area contributed by atoms with Crippen LogP contribution in [-0.4, -0.2) is 8.42 Å². The van der Waals surface area contributed by atoms with Crippen LogP contribution in [0.4, 0.5) is 5.69 Å². The number of rotatable bonds is 7. The van der Waals surface area contributed by atoms with Crippen LogP contribution in [0.3, 0.4) is 0 Å². The zero-order chi connectivity index (χ0) is 20.1. The number of nitrogens with one attached hydrogen (secondary N) is 1. The van der Waals surface area contributed by atoms with Gasteiger partial charge in [-0.3, -0.25) is 4.72 Å². The lowest BCUT2D eigenvalue weighted by molar-refractivity contribution is 0.600. The molecule has 3 aromatic carbocycles. The number of anilines is 1. The van der Waals surface area contributed by atoms with Gasteiger partial charge in [-0.15, -0.1) is 11.8 Å². The maximum Gasteiger partial charge on any atom is 0.237 e. The standard InChI is InChI=1S/C21H19Cl2NO2S2/c1-15-12-16(13-27-17-6-3-2-4-7-17)10-11-21(15)24-28(25,26)14-18-19(22)8-5-9-20(18)23/h2-12,24H,13-14H2,1H3. The third-order valence-corrected chi connectivity index (χ3v) is 7.09. The maximum atomic E-state index is 12.6. The van der Waals surface area contributed by atoms with Crippen LogP contribution in [0.25, 0.3) is 0 Å². The fourth-order valence-electron chi connectivity index (χ4n) is 2.68. The van der Waals surface area contributed by atoms with Gasteiger partial charge in [-0.25, -0.2) is 8.42 Å². The molecule has 0 aliphatic carbocycles. The average molecular weight is 452 g/mol. The minimum atomic E-state index is -3.65. The molecule has 0 unspecified atom stereocenters. The van der Waals surface area contributed by atoms with E-state index in [1.807, 2.05) is 37.3 Å². The number of hydrogen-bond acceptors (Lipinski definition) is 3. The van der Waals surface area contributed by atoms with Crippen molar-refractivity contribution in [1.82, 2.24) is 0 Å². The molecule has 0 amide bonds. The predicted molar refractivity (Wildman–Crippen MR) is 120 cm³/mol. The monoisotopic (exact) mass is 451 g/mol. The minimum Gasteiger partial charge on any atom is -0.283 e. The molecular weight excluding hydrogens is 433 g/mol. The molecule has 0 heterocycles. The van der Waals surface area contributed by atoms with Crippen molar-refractivity contribution in [1.29, 1.82) is 0 Å². The molecule has 3 rings (SSSR count). The van der Waals surface area contributed by atoms with Gasteiger partial charge >= 0.3 is 0 Å². The Morgan fingerprint density at radius 1 is 0.929 bits per heavy atom. The number of hydrogen-bond donors (Lipinski definition) is 1. The molecule has 1 N–H and O–H groups in total. The molecule has 0 spiro atoms. The van der Waals surface area contributed by atoms with Crippen molar-refractivity contribution in [3.8, 4) is 0 Å². The average Bonchev–Trinajstić information content (AvgIpc) is 2.66. The third-order valence-electron chi connectivity index (χ3n) is 4.10. The number of halogens is 2. The quantitative estimate of drug-likeness (QED) is 0.414. The Morgan fingerprint density at radius 3 is 2.25 bits per heavy atom. The molecule has 0 radical (unpaired) electrons. The highest BCUT2D eigenvalue weighted by molar-refractivity contribution is 7.98. The lowest BCUT2D eigenvalue weighted by atomic mass is 10.1. The van der Waals surface area contributed by atoms with Crippen LogP contribution in [0.15, 0.2) is 71.6 Å². The van der Waals surface area contributed by atoms with Crippen LogP contribution in [0.2, 0.25) is 10.0 Å². The van der Waals surface area contributed by atoms with Crippen molar-refractivity contribution < 1.29 is 8.42 Å². The fraction of sp³-hybridized carbons (Fsp3) is 0.143. The second-order valence-corrected chi connectivity index (χ2v) is 9.90. The highest BCUT2D eigenvalue weighted by atomic mass is 35.5. The summed E-state index contributed by atoms with van der Waals surface area (Å²) >= 11 is 13.9. The highest BCUT2D eigenvalue weighted by Crippen LogP contribution is 2.28. The van der Waals surface area contributed by atoms with Gasteiger partial charge in [0.1, 0.15) is 0 Å². The van der Waals surface area contributed by atoms with E-state index in [-0.39, 0.29) is 5.75 Å². The molecule has 0 bridgehead atoms. The third kappa shape index (κ3) is 5.67. The van der Waals surface area contributed by atoms with Crippen LogP contribution in [-0.2, 0) is 21.5 Å². The lowest BCUT2D eigenvalue weighted by Crippen LogP contribution is -2.16. The van der Waals surface area contributed by atoms with E-state index < -0.39 is 10.0 Å². The zero-order valence-corrected chi connectivity index (χ0v) is 18.3. The van der Waals surface area contributed by atoms with Crippen molar-refractivity contribution in [2.75, 3.05) is 4.72 Å².